The van der Waals surface area contributed by atoms with Crippen LogP contribution in [0.3, 0.4) is 0 Å². The lowest BCUT2D eigenvalue weighted by Gasteiger charge is -2.34. The number of carbonyl (C=O) groups excluding carboxylic acids is 1. The van der Waals surface area contributed by atoms with Crippen molar-refractivity contribution in [3.05, 3.63) is 35.4 Å². The molecule has 2 nitrogen and oxygen atoms in total. The normalized spacial score (nSPS) is 16.3. The van der Waals surface area contributed by atoms with Gasteiger partial charge in [0, 0.05) is 24.0 Å². The Bertz CT molecular complexity index is 409. The van der Waals surface area contributed by atoms with Crippen LogP contribution >= 0.6 is 11.6 Å². The van der Waals surface area contributed by atoms with Gasteiger partial charge < -0.3 is 4.90 Å². The minimum Gasteiger partial charge on any atom is -0.334 e. The highest BCUT2D eigenvalue weighted by molar-refractivity contribution is 6.18. The fourth-order valence-electron chi connectivity index (χ4n) is 2.80. The van der Waals surface area contributed by atoms with Crippen LogP contribution in [0.5, 0.6) is 0 Å². The molecule has 0 unspecified atom stereocenters. The van der Waals surface area contributed by atoms with Crippen LogP contribution in [-0.4, -0.2) is 29.3 Å². The fourth-order valence-corrected chi connectivity index (χ4v) is 2.98. The summed E-state index contributed by atoms with van der Waals surface area (Å²) < 4.78 is 0. The van der Waals surface area contributed by atoms with Gasteiger partial charge in [-0.1, -0.05) is 37.0 Å². The molecule has 1 amide bonds. The highest BCUT2D eigenvalue weighted by Crippen LogP contribution is 2.24. The summed E-state index contributed by atoms with van der Waals surface area (Å²) in [5, 5.41) is 0. The SMILES string of the molecule is Cc1ccc(C(=O)N(CCCl)C2CCCCC2)cc1. The van der Waals surface area contributed by atoms with E-state index in [0.29, 0.717) is 18.5 Å². The monoisotopic (exact) mass is 279 g/mol. The van der Waals surface area contributed by atoms with E-state index in [-0.39, 0.29) is 5.91 Å². The Balaban J connectivity index is 2.13. The Morgan fingerprint density at radius 3 is 2.42 bits per heavy atom. The lowest BCUT2D eigenvalue weighted by Crippen LogP contribution is -2.42. The van der Waals surface area contributed by atoms with E-state index in [4.69, 9.17) is 11.6 Å². The first-order valence-electron chi connectivity index (χ1n) is 7.16. The van der Waals surface area contributed by atoms with E-state index in [1.54, 1.807) is 0 Å². The summed E-state index contributed by atoms with van der Waals surface area (Å²) in [6.45, 7) is 2.69. The molecule has 0 radical (unpaired) electrons. The topological polar surface area (TPSA) is 20.3 Å². The van der Waals surface area contributed by atoms with E-state index in [0.717, 1.165) is 18.4 Å². The standard InChI is InChI=1S/C16H22ClNO/c1-13-7-9-14(10-8-13)16(19)18(12-11-17)15-5-3-2-4-6-15/h7-10,15H,2-6,11-12H2,1H3. The van der Waals surface area contributed by atoms with Crippen molar-refractivity contribution in [2.75, 3.05) is 12.4 Å². The number of aryl methyl sites for hydroxylation is 1. The zero-order valence-corrected chi connectivity index (χ0v) is 12.3. The number of nitrogens with zero attached hydrogens (tertiary/aromatic N) is 1. The Kier molecular flexibility index (Phi) is 5.26. The summed E-state index contributed by atoms with van der Waals surface area (Å²) in [5.74, 6) is 0.640. The third-order valence-corrected chi connectivity index (χ3v) is 4.07. The van der Waals surface area contributed by atoms with Crippen molar-refractivity contribution < 1.29 is 4.79 Å². The van der Waals surface area contributed by atoms with E-state index in [9.17, 15) is 4.79 Å². The van der Waals surface area contributed by atoms with Crippen LogP contribution in [0.15, 0.2) is 24.3 Å². The smallest absolute Gasteiger partial charge is 0.254 e. The van der Waals surface area contributed by atoms with Crippen LogP contribution in [0.1, 0.15) is 48.0 Å². The summed E-state index contributed by atoms with van der Waals surface area (Å²) >= 11 is 5.88. The average Bonchev–Trinajstić information content (AvgIpc) is 2.46. The Labute approximate surface area is 120 Å². The molecule has 0 aromatic heterocycles. The van der Waals surface area contributed by atoms with Crippen molar-refractivity contribution in [3.63, 3.8) is 0 Å². The molecule has 2 rings (SSSR count). The average molecular weight is 280 g/mol. The first kappa shape index (κ1) is 14.4. The molecule has 0 saturated heterocycles. The van der Waals surface area contributed by atoms with Gasteiger partial charge in [0.1, 0.15) is 0 Å². The van der Waals surface area contributed by atoms with Crippen LogP contribution < -0.4 is 0 Å². The molecular weight excluding hydrogens is 258 g/mol. The number of halogens is 1. The molecule has 104 valence electrons. The predicted octanol–water partition coefficient (Wildman–Crippen LogP) is 4.01. The van der Waals surface area contributed by atoms with Crippen molar-refractivity contribution in [2.45, 2.75) is 45.1 Å². The minimum absolute atomic E-state index is 0.132. The van der Waals surface area contributed by atoms with Crippen molar-refractivity contribution in [3.8, 4) is 0 Å². The summed E-state index contributed by atoms with van der Waals surface area (Å²) in [6.07, 6.45) is 5.99. The zero-order valence-electron chi connectivity index (χ0n) is 11.6. The summed E-state index contributed by atoms with van der Waals surface area (Å²) in [4.78, 5) is 14.6. The third-order valence-electron chi connectivity index (χ3n) is 3.90. The maximum absolute atomic E-state index is 12.6. The molecule has 1 aromatic carbocycles. The van der Waals surface area contributed by atoms with E-state index in [1.165, 1.54) is 24.8 Å². The lowest BCUT2D eigenvalue weighted by atomic mass is 9.93. The molecule has 0 atom stereocenters. The summed E-state index contributed by atoms with van der Waals surface area (Å²) in [5.41, 5.74) is 1.96. The maximum atomic E-state index is 12.6. The van der Waals surface area contributed by atoms with E-state index in [1.807, 2.05) is 36.1 Å². The zero-order chi connectivity index (χ0) is 13.7. The van der Waals surface area contributed by atoms with Crippen molar-refractivity contribution in [1.82, 2.24) is 4.90 Å². The van der Waals surface area contributed by atoms with Crippen molar-refractivity contribution in [2.24, 2.45) is 0 Å². The van der Waals surface area contributed by atoms with Gasteiger partial charge in [-0.05, 0) is 31.9 Å². The predicted molar refractivity (Wildman–Crippen MR) is 79.8 cm³/mol. The van der Waals surface area contributed by atoms with E-state index in [2.05, 4.69) is 0 Å². The van der Waals surface area contributed by atoms with Crippen LogP contribution in [0.4, 0.5) is 0 Å². The van der Waals surface area contributed by atoms with Gasteiger partial charge in [0.15, 0.2) is 0 Å². The van der Waals surface area contributed by atoms with Crippen LogP contribution in [0.2, 0.25) is 0 Å². The number of hydrogen-bond donors (Lipinski definition) is 0. The summed E-state index contributed by atoms with van der Waals surface area (Å²) in [7, 11) is 0. The van der Waals surface area contributed by atoms with Gasteiger partial charge in [-0.2, -0.15) is 0 Å². The molecular formula is C16H22ClNO. The summed E-state index contributed by atoms with van der Waals surface area (Å²) in [6, 6.07) is 8.20. The lowest BCUT2D eigenvalue weighted by molar-refractivity contribution is 0.0649. The molecule has 1 saturated carbocycles. The van der Waals surface area contributed by atoms with Crippen LogP contribution in [-0.2, 0) is 0 Å². The molecule has 0 bridgehead atoms. The van der Waals surface area contributed by atoms with Crippen LogP contribution in [0, 0.1) is 6.92 Å². The van der Waals surface area contributed by atoms with Crippen LogP contribution in [0.25, 0.3) is 0 Å². The number of benzene rings is 1. The second kappa shape index (κ2) is 6.95. The molecule has 0 N–H and O–H groups in total. The van der Waals surface area contributed by atoms with Crippen molar-refractivity contribution in [1.29, 1.82) is 0 Å². The maximum Gasteiger partial charge on any atom is 0.254 e. The highest BCUT2D eigenvalue weighted by atomic mass is 35.5. The number of alkyl halides is 1. The molecule has 1 aromatic rings. The number of hydrogen-bond acceptors (Lipinski definition) is 1. The molecule has 3 heteroatoms. The van der Waals surface area contributed by atoms with E-state index >= 15 is 0 Å². The van der Waals surface area contributed by atoms with Gasteiger partial charge in [0.05, 0.1) is 0 Å². The molecule has 1 fully saturated rings. The molecule has 0 aliphatic heterocycles. The Morgan fingerprint density at radius 2 is 1.84 bits per heavy atom. The van der Waals surface area contributed by atoms with Gasteiger partial charge >= 0.3 is 0 Å². The molecule has 0 spiro atoms. The first-order valence-corrected chi connectivity index (χ1v) is 7.69. The molecule has 19 heavy (non-hydrogen) atoms. The minimum atomic E-state index is 0.132. The number of rotatable bonds is 4. The largest absolute Gasteiger partial charge is 0.334 e. The molecule has 1 aliphatic carbocycles. The quantitative estimate of drug-likeness (QED) is 0.763. The van der Waals surface area contributed by atoms with Gasteiger partial charge in [-0.15, -0.1) is 11.6 Å². The molecule has 0 heterocycles. The van der Waals surface area contributed by atoms with Gasteiger partial charge in [0.25, 0.3) is 5.91 Å². The van der Waals surface area contributed by atoms with Gasteiger partial charge in [-0.25, -0.2) is 0 Å². The first-order chi connectivity index (χ1) is 9.22. The van der Waals surface area contributed by atoms with Gasteiger partial charge in [-0.3, -0.25) is 4.79 Å². The molecule has 1 aliphatic rings. The van der Waals surface area contributed by atoms with E-state index < -0.39 is 0 Å². The second-order valence-corrected chi connectivity index (χ2v) is 5.72. The highest BCUT2D eigenvalue weighted by Gasteiger charge is 2.25. The number of carbonyl (C=O) groups is 1. The Hall–Kier alpha value is -1.02. The fraction of sp³-hybridized carbons (Fsp3) is 0.562. The Morgan fingerprint density at radius 1 is 1.21 bits per heavy atom. The second-order valence-electron chi connectivity index (χ2n) is 5.35. The number of amides is 1. The van der Waals surface area contributed by atoms with Crippen molar-refractivity contribution >= 4 is 17.5 Å². The van der Waals surface area contributed by atoms with Gasteiger partial charge in [0.2, 0.25) is 0 Å². The third kappa shape index (κ3) is 3.73.